The van der Waals surface area contributed by atoms with Crippen LogP contribution in [0.4, 0.5) is 11.6 Å². The molecule has 10 nitrogen and oxygen atoms in total. The van der Waals surface area contributed by atoms with Crippen LogP contribution in [0.25, 0.3) is 0 Å². The quantitative estimate of drug-likeness (QED) is 0.298. The highest BCUT2D eigenvalue weighted by Crippen LogP contribution is 2.26. The Kier molecular flexibility index (Phi) is 8.10. The highest BCUT2D eigenvalue weighted by atomic mass is 32.2. The van der Waals surface area contributed by atoms with E-state index in [0.717, 1.165) is 12.8 Å². The maximum atomic E-state index is 13.0. The molecule has 0 unspecified atom stereocenters. The summed E-state index contributed by atoms with van der Waals surface area (Å²) in [5, 5.41) is 0. The molecule has 11 heteroatoms. The molecule has 1 aliphatic heterocycles. The van der Waals surface area contributed by atoms with E-state index in [9.17, 15) is 22.8 Å². The normalized spacial score (nSPS) is 15.7. The molecule has 3 rings (SSSR count). The van der Waals surface area contributed by atoms with Crippen LogP contribution in [-0.2, 0) is 29.1 Å². The van der Waals surface area contributed by atoms with Crippen LogP contribution in [0.5, 0.6) is 0 Å². The number of rotatable bonds is 11. The number of hydrogen-bond acceptors (Lipinski definition) is 8. The zero-order valence-electron chi connectivity index (χ0n) is 18.3. The topological polar surface area (TPSA) is 136 Å². The lowest BCUT2D eigenvalue weighted by Crippen LogP contribution is -2.44. The Hall–Kier alpha value is -3.34. The van der Waals surface area contributed by atoms with Crippen molar-refractivity contribution in [3.8, 4) is 0 Å². The van der Waals surface area contributed by atoms with Crippen molar-refractivity contribution < 1.29 is 27.5 Å². The highest BCUT2D eigenvalue weighted by Gasteiger charge is 2.37. The van der Waals surface area contributed by atoms with E-state index in [1.807, 2.05) is 6.92 Å². The van der Waals surface area contributed by atoms with Gasteiger partial charge in [-0.05, 0) is 36.8 Å². The van der Waals surface area contributed by atoms with Gasteiger partial charge in [0.2, 0.25) is 11.9 Å². The lowest BCUT2D eigenvalue weighted by molar-refractivity contribution is -0.140. The van der Waals surface area contributed by atoms with Gasteiger partial charge < -0.3 is 4.74 Å². The zero-order valence-corrected chi connectivity index (χ0v) is 19.1. The molecule has 2 heterocycles. The zero-order chi connectivity index (χ0) is 23.8. The summed E-state index contributed by atoms with van der Waals surface area (Å²) in [7, 11) is -3.96. The number of esters is 1. The molecule has 0 aliphatic carbocycles. The molecule has 1 aromatic carbocycles. The fourth-order valence-electron chi connectivity index (χ4n) is 3.45. The number of benzene rings is 1. The number of sulfonamides is 1. The number of nitrogens with zero attached hydrogens (tertiary/aromatic N) is 3. The van der Waals surface area contributed by atoms with E-state index in [-0.39, 0.29) is 29.7 Å². The van der Waals surface area contributed by atoms with E-state index in [1.54, 1.807) is 6.07 Å². The summed E-state index contributed by atoms with van der Waals surface area (Å²) in [5.41, 5.74) is 0.306. The number of amides is 1. The van der Waals surface area contributed by atoms with Crippen molar-refractivity contribution in [3.05, 3.63) is 42.7 Å². The molecule has 1 atom stereocenters. The van der Waals surface area contributed by atoms with Crippen molar-refractivity contribution in [2.45, 2.75) is 56.4 Å². The lowest BCUT2D eigenvalue weighted by Gasteiger charge is -2.26. The molecule has 1 aliphatic rings. The van der Waals surface area contributed by atoms with Gasteiger partial charge in [-0.3, -0.25) is 14.5 Å². The number of cyclic esters (lactones) is 1. The van der Waals surface area contributed by atoms with Gasteiger partial charge in [-0.1, -0.05) is 19.8 Å². The fourth-order valence-corrected chi connectivity index (χ4v) is 4.41. The van der Waals surface area contributed by atoms with Gasteiger partial charge in [0.05, 0.1) is 17.9 Å². The maximum absolute atomic E-state index is 13.0. The number of ether oxygens (including phenoxy) is 1. The minimum atomic E-state index is -3.96. The van der Waals surface area contributed by atoms with Gasteiger partial charge >= 0.3 is 5.97 Å². The first-order valence-corrected chi connectivity index (χ1v) is 12.2. The Morgan fingerprint density at radius 1 is 1.15 bits per heavy atom. The van der Waals surface area contributed by atoms with Crippen LogP contribution >= 0.6 is 0 Å². The molecular weight excluding hydrogens is 448 g/mol. The van der Waals surface area contributed by atoms with Crippen LogP contribution in [0.1, 0.15) is 45.4 Å². The van der Waals surface area contributed by atoms with Gasteiger partial charge in [0.1, 0.15) is 11.8 Å². The van der Waals surface area contributed by atoms with Gasteiger partial charge in [0.15, 0.2) is 0 Å². The van der Waals surface area contributed by atoms with Crippen LogP contribution in [-0.4, -0.2) is 48.7 Å². The average Bonchev–Trinajstić information content (AvgIpc) is 3.20. The third-order valence-corrected chi connectivity index (χ3v) is 6.46. The van der Waals surface area contributed by atoms with E-state index in [2.05, 4.69) is 14.7 Å². The molecule has 1 N–H and O–H groups in total. The molecule has 1 amide bonds. The standard InChI is InChI=1S/C22H26N4O6S/c1-2-3-4-6-17(27)15-20(28)26(19-11-14-32-21(19)29)16-7-9-18(10-8-16)33(30,31)25-22-23-12-5-13-24-22/h5,7-10,12-13,19H,2-4,6,11,14-15H2,1H3,(H,23,24,25)/t19-/m0/s1. The lowest BCUT2D eigenvalue weighted by atomic mass is 10.1. The number of carbonyl (C=O) groups excluding carboxylic acids is 3. The molecular formula is C22H26N4O6S. The van der Waals surface area contributed by atoms with E-state index in [0.29, 0.717) is 24.9 Å². The van der Waals surface area contributed by atoms with Gasteiger partial charge in [0, 0.05) is 30.9 Å². The molecule has 0 radical (unpaired) electrons. The van der Waals surface area contributed by atoms with Crippen molar-refractivity contribution in [1.82, 2.24) is 9.97 Å². The monoisotopic (exact) mass is 474 g/mol. The summed E-state index contributed by atoms with van der Waals surface area (Å²) < 4.78 is 32.5. The Morgan fingerprint density at radius 3 is 2.45 bits per heavy atom. The molecule has 176 valence electrons. The molecule has 0 saturated carbocycles. The fraction of sp³-hybridized carbons (Fsp3) is 0.409. The van der Waals surface area contributed by atoms with Gasteiger partial charge in [-0.2, -0.15) is 0 Å². The van der Waals surface area contributed by atoms with Gasteiger partial charge in [-0.25, -0.2) is 27.9 Å². The van der Waals surface area contributed by atoms with Crippen LogP contribution in [0.2, 0.25) is 0 Å². The summed E-state index contributed by atoms with van der Waals surface area (Å²) in [5.74, 6) is -1.35. The van der Waals surface area contributed by atoms with Crippen LogP contribution in [0.15, 0.2) is 47.6 Å². The Morgan fingerprint density at radius 2 is 1.85 bits per heavy atom. The SMILES string of the molecule is CCCCCC(=O)CC(=O)N(c1ccc(S(=O)(=O)Nc2ncccn2)cc1)[C@H]1CCOC1=O. The first-order valence-electron chi connectivity index (χ1n) is 10.7. The van der Waals surface area contributed by atoms with E-state index < -0.39 is 27.9 Å². The Balaban J connectivity index is 1.80. The first kappa shape index (κ1) is 24.3. The van der Waals surface area contributed by atoms with Crippen LogP contribution in [0.3, 0.4) is 0 Å². The molecule has 33 heavy (non-hydrogen) atoms. The van der Waals surface area contributed by atoms with Gasteiger partial charge in [-0.15, -0.1) is 0 Å². The van der Waals surface area contributed by atoms with Crippen molar-refractivity contribution >= 4 is 39.3 Å². The molecule has 0 spiro atoms. The predicted molar refractivity (Wildman–Crippen MR) is 120 cm³/mol. The molecule has 1 aromatic heterocycles. The number of anilines is 2. The summed E-state index contributed by atoms with van der Waals surface area (Å²) >= 11 is 0. The average molecular weight is 475 g/mol. The van der Waals surface area contributed by atoms with E-state index in [1.165, 1.54) is 41.6 Å². The van der Waals surface area contributed by atoms with Crippen LogP contribution < -0.4 is 9.62 Å². The van der Waals surface area contributed by atoms with Crippen molar-refractivity contribution in [3.63, 3.8) is 0 Å². The number of aromatic nitrogens is 2. The Bertz CT molecular complexity index is 1090. The molecule has 0 bridgehead atoms. The molecule has 1 fully saturated rings. The number of carbonyl (C=O) groups is 3. The van der Waals surface area contributed by atoms with Crippen molar-refractivity contribution in [2.75, 3.05) is 16.2 Å². The Labute approximate surface area is 192 Å². The number of ketones is 1. The highest BCUT2D eigenvalue weighted by molar-refractivity contribution is 7.92. The van der Waals surface area contributed by atoms with E-state index >= 15 is 0 Å². The largest absolute Gasteiger partial charge is 0.464 e. The number of Topliss-reactive ketones (excluding diaryl/α,β-unsaturated/α-hetero) is 1. The smallest absolute Gasteiger partial charge is 0.329 e. The van der Waals surface area contributed by atoms with Crippen LogP contribution in [0, 0.1) is 0 Å². The van der Waals surface area contributed by atoms with Gasteiger partial charge in [0.25, 0.3) is 10.0 Å². The number of nitrogens with one attached hydrogen (secondary N) is 1. The molecule has 1 saturated heterocycles. The second-order valence-corrected chi connectivity index (χ2v) is 9.26. The summed E-state index contributed by atoms with van der Waals surface area (Å²) in [4.78, 5) is 46.3. The third kappa shape index (κ3) is 6.35. The molecule has 2 aromatic rings. The second-order valence-electron chi connectivity index (χ2n) is 7.58. The summed E-state index contributed by atoms with van der Waals surface area (Å²) in [6, 6.07) is 6.16. The maximum Gasteiger partial charge on any atom is 0.329 e. The number of hydrogen-bond donors (Lipinski definition) is 1. The minimum Gasteiger partial charge on any atom is -0.464 e. The van der Waals surface area contributed by atoms with Crippen molar-refractivity contribution in [2.24, 2.45) is 0 Å². The second kappa shape index (κ2) is 11.0. The van der Waals surface area contributed by atoms with Crippen molar-refractivity contribution in [1.29, 1.82) is 0 Å². The predicted octanol–water partition coefficient (Wildman–Crippen LogP) is 2.47. The first-order chi connectivity index (χ1) is 15.8. The van der Waals surface area contributed by atoms with E-state index in [4.69, 9.17) is 4.74 Å². The summed E-state index contributed by atoms with van der Waals surface area (Å²) in [6.07, 6.45) is 5.63. The third-order valence-electron chi connectivity index (χ3n) is 5.11. The summed E-state index contributed by atoms with van der Waals surface area (Å²) in [6.45, 7) is 2.19. The minimum absolute atomic E-state index is 0.0734. The number of unbranched alkanes of at least 4 members (excludes halogenated alkanes) is 2.